The van der Waals surface area contributed by atoms with E-state index in [2.05, 4.69) is 0 Å². The molecule has 0 radical (unpaired) electrons. The highest BCUT2D eigenvalue weighted by Gasteiger charge is 3.05. The third kappa shape index (κ3) is 0.631. The molecule has 0 aromatic carbocycles. The molecule has 3 rings (SSSR count). The molecule has 3 aliphatic rings. The minimum atomic E-state index is -2.03. The summed E-state index contributed by atoms with van der Waals surface area (Å²) < 4.78 is 0. The van der Waals surface area contributed by atoms with E-state index in [9.17, 15) is 30.6 Å². The summed E-state index contributed by atoms with van der Waals surface area (Å²) in [5.41, 5.74) is -10.6. The summed E-state index contributed by atoms with van der Waals surface area (Å²) in [6.45, 7) is 5.90. The molecule has 3 saturated carbocycles. The van der Waals surface area contributed by atoms with Crippen LogP contribution in [0.15, 0.2) is 0 Å². The standard InChI is InChI=1S/C12H20O6/c1-7(2)9(15)5(13)11(17)8(3,4)12(11,18)6(14)10(7,9)16/h5-6,13-18H,1-4H3/t5?,6?,9-,10-,11-,12+/m1/s1. The Morgan fingerprint density at radius 2 is 0.722 bits per heavy atom. The van der Waals surface area contributed by atoms with Gasteiger partial charge < -0.3 is 30.6 Å². The van der Waals surface area contributed by atoms with Crippen LogP contribution in [0, 0.1) is 10.8 Å². The molecule has 0 heterocycles. The van der Waals surface area contributed by atoms with E-state index in [1.54, 1.807) is 0 Å². The third-order valence-electron chi connectivity index (χ3n) is 6.43. The van der Waals surface area contributed by atoms with Crippen LogP contribution in [0.1, 0.15) is 27.7 Å². The van der Waals surface area contributed by atoms with Crippen molar-refractivity contribution in [2.75, 3.05) is 0 Å². The van der Waals surface area contributed by atoms with E-state index in [1.807, 2.05) is 0 Å². The Kier molecular flexibility index (Phi) is 1.69. The van der Waals surface area contributed by atoms with Gasteiger partial charge in [0.1, 0.15) is 34.6 Å². The number of hydrogen-bond donors (Lipinski definition) is 6. The predicted molar refractivity (Wildman–Crippen MR) is 59.4 cm³/mol. The van der Waals surface area contributed by atoms with Crippen molar-refractivity contribution in [1.29, 1.82) is 0 Å². The van der Waals surface area contributed by atoms with Crippen molar-refractivity contribution in [3.8, 4) is 0 Å². The molecule has 6 atom stereocenters. The SMILES string of the molecule is CC1(C)[C@]2(O)C(O)[C@@]3(O)C(C)(C)[C@@]3(O)C(O)[C@@]12O. The molecule has 3 aliphatic carbocycles. The highest BCUT2D eigenvalue weighted by molar-refractivity contribution is 5.54. The van der Waals surface area contributed by atoms with Crippen LogP contribution in [0.25, 0.3) is 0 Å². The molecular weight excluding hydrogens is 240 g/mol. The summed E-state index contributed by atoms with van der Waals surface area (Å²) in [7, 11) is 0. The van der Waals surface area contributed by atoms with Crippen molar-refractivity contribution in [1.82, 2.24) is 0 Å². The smallest absolute Gasteiger partial charge is 0.133 e. The first-order valence-electron chi connectivity index (χ1n) is 6.07. The van der Waals surface area contributed by atoms with E-state index in [0.29, 0.717) is 0 Å². The van der Waals surface area contributed by atoms with Gasteiger partial charge in [0, 0.05) is 10.8 Å². The molecule has 2 unspecified atom stereocenters. The van der Waals surface area contributed by atoms with Gasteiger partial charge >= 0.3 is 0 Å². The summed E-state index contributed by atoms with van der Waals surface area (Å²) >= 11 is 0. The fourth-order valence-electron chi connectivity index (χ4n) is 4.60. The minimum absolute atomic E-state index is 1.21. The molecule has 6 heteroatoms. The summed E-state index contributed by atoms with van der Waals surface area (Å²) in [4.78, 5) is 0. The van der Waals surface area contributed by atoms with Crippen molar-refractivity contribution >= 4 is 0 Å². The van der Waals surface area contributed by atoms with Gasteiger partial charge in [0.05, 0.1) is 0 Å². The van der Waals surface area contributed by atoms with Crippen LogP contribution in [0.2, 0.25) is 0 Å². The predicted octanol–water partition coefficient (Wildman–Crippen LogP) is -2.27. The van der Waals surface area contributed by atoms with Crippen molar-refractivity contribution in [3.05, 3.63) is 0 Å². The quantitative estimate of drug-likeness (QED) is 0.292. The van der Waals surface area contributed by atoms with E-state index >= 15 is 0 Å². The normalized spacial score (nSPS) is 67.0. The molecule has 0 spiro atoms. The fraction of sp³-hybridized carbons (Fsp3) is 1.00. The molecule has 6 nitrogen and oxygen atoms in total. The molecular formula is C12H20O6. The Bertz CT molecular complexity index is 383. The van der Waals surface area contributed by atoms with E-state index in [1.165, 1.54) is 27.7 Å². The maximum atomic E-state index is 10.5. The number of fused-ring (bicyclic) bond motifs is 2. The Balaban J connectivity index is 2.22. The molecule has 0 amide bonds. The number of rotatable bonds is 0. The van der Waals surface area contributed by atoms with Gasteiger partial charge in [0.25, 0.3) is 0 Å². The third-order valence-corrected chi connectivity index (χ3v) is 6.43. The lowest BCUT2D eigenvalue weighted by atomic mass is 9.85. The monoisotopic (exact) mass is 260 g/mol. The lowest BCUT2D eigenvalue weighted by Gasteiger charge is -2.37. The highest BCUT2D eigenvalue weighted by Crippen LogP contribution is 2.83. The molecule has 0 bridgehead atoms. The van der Waals surface area contributed by atoms with Gasteiger partial charge in [-0.2, -0.15) is 0 Å². The molecule has 104 valence electrons. The van der Waals surface area contributed by atoms with Crippen LogP contribution in [0.4, 0.5) is 0 Å². The van der Waals surface area contributed by atoms with Gasteiger partial charge in [-0.15, -0.1) is 0 Å². The summed E-state index contributed by atoms with van der Waals surface area (Å²) in [6, 6.07) is 0. The lowest BCUT2D eigenvalue weighted by Crippen LogP contribution is -2.63. The maximum absolute atomic E-state index is 10.5. The Morgan fingerprint density at radius 1 is 0.556 bits per heavy atom. The van der Waals surface area contributed by atoms with E-state index in [4.69, 9.17) is 0 Å². The summed E-state index contributed by atoms with van der Waals surface area (Å²) in [6.07, 6.45) is -3.46. The van der Waals surface area contributed by atoms with Gasteiger partial charge in [0.15, 0.2) is 0 Å². The minimum Gasteiger partial charge on any atom is -0.387 e. The lowest BCUT2D eigenvalue weighted by molar-refractivity contribution is -0.223. The summed E-state index contributed by atoms with van der Waals surface area (Å²) in [5.74, 6) is 0. The van der Waals surface area contributed by atoms with Crippen molar-refractivity contribution in [2.24, 2.45) is 10.8 Å². The van der Waals surface area contributed by atoms with Crippen LogP contribution in [0.3, 0.4) is 0 Å². The maximum Gasteiger partial charge on any atom is 0.133 e. The van der Waals surface area contributed by atoms with Gasteiger partial charge in [-0.1, -0.05) is 27.7 Å². The largest absolute Gasteiger partial charge is 0.387 e. The van der Waals surface area contributed by atoms with E-state index in [0.717, 1.165) is 0 Å². The zero-order valence-corrected chi connectivity index (χ0v) is 10.8. The average Bonchev–Trinajstić information content (AvgIpc) is 2.82. The van der Waals surface area contributed by atoms with E-state index in [-0.39, 0.29) is 0 Å². The Hall–Kier alpha value is -0.240. The Labute approximate surface area is 105 Å². The first-order chi connectivity index (χ1) is 7.81. The van der Waals surface area contributed by atoms with Crippen LogP contribution < -0.4 is 0 Å². The zero-order valence-electron chi connectivity index (χ0n) is 10.8. The molecule has 0 aromatic heterocycles. The van der Waals surface area contributed by atoms with Gasteiger partial charge in [-0.25, -0.2) is 0 Å². The number of aliphatic hydroxyl groups is 6. The fourth-order valence-corrected chi connectivity index (χ4v) is 4.60. The molecule has 6 N–H and O–H groups in total. The van der Waals surface area contributed by atoms with Crippen molar-refractivity contribution < 1.29 is 30.6 Å². The zero-order chi connectivity index (χ0) is 14.2. The second-order valence-corrected chi connectivity index (χ2v) is 7.12. The first kappa shape index (κ1) is 12.8. The van der Waals surface area contributed by atoms with Gasteiger partial charge in [-0.3, -0.25) is 0 Å². The van der Waals surface area contributed by atoms with Gasteiger partial charge in [-0.05, 0) is 0 Å². The molecule has 0 aliphatic heterocycles. The van der Waals surface area contributed by atoms with Crippen molar-refractivity contribution in [3.63, 3.8) is 0 Å². The van der Waals surface area contributed by atoms with E-state index < -0.39 is 45.4 Å². The second-order valence-electron chi connectivity index (χ2n) is 7.12. The first-order valence-corrected chi connectivity index (χ1v) is 6.07. The Morgan fingerprint density at radius 3 is 0.889 bits per heavy atom. The molecule has 0 saturated heterocycles. The average molecular weight is 260 g/mol. The van der Waals surface area contributed by atoms with Gasteiger partial charge in [0.2, 0.25) is 0 Å². The van der Waals surface area contributed by atoms with Crippen LogP contribution >= 0.6 is 0 Å². The molecule has 18 heavy (non-hydrogen) atoms. The molecule has 0 aromatic rings. The topological polar surface area (TPSA) is 121 Å². The van der Waals surface area contributed by atoms with Crippen molar-refractivity contribution in [2.45, 2.75) is 62.3 Å². The second kappa shape index (κ2) is 2.39. The highest BCUT2D eigenvalue weighted by atomic mass is 16.5. The summed E-state index contributed by atoms with van der Waals surface area (Å²) in [5, 5.41) is 62.3. The van der Waals surface area contributed by atoms with Crippen LogP contribution in [-0.4, -0.2) is 65.3 Å². The number of aliphatic hydroxyl groups excluding tert-OH is 2. The molecule has 3 fully saturated rings. The van der Waals surface area contributed by atoms with Crippen LogP contribution in [0.5, 0.6) is 0 Å². The van der Waals surface area contributed by atoms with Crippen LogP contribution in [-0.2, 0) is 0 Å². The number of hydrogen-bond acceptors (Lipinski definition) is 6.